The van der Waals surface area contributed by atoms with Gasteiger partial charge in [0.15, 0.2) is 17.6 Å². The summed E-state index contributed by atoms with van der Waals surface area (Å²) < 4.78 is 10.7. The average molecular weight is 377 g/mol. The zero-order valence-electron chi connectivity index (χ0n) is 14.6. The lowest BCUT2D eigenvalue weighted by molar-refractivity contribution is -0.144. The van der Waals surface area contributed by atoms with E-state index < -0.39 is 29.3 Å². The second-order valence-electron chi connectivity index (χ2n) is 5.50. The summed E-state index contributed by atoms with van der Waals surface area (Å²) in [5.74, 6) is -1.06. The molecule has 1 saturated heterocycles. The lowest BCUT2D eigenvalue weighted by atomic mass is 10.1. The highest BCUT2D eigenvalue weighted by Crippen LogP contribution is 2.38. The summed E-state index contributed by atoms with van der Waals surface area (Å²) in [5, 5.41) is 8.69. The van der Waals surface area contributed by atoms with Crippen molar-refractivity contribution in [3.05, 3.63) is 41.3 Å². The van der Waals surface area contributed by atoms with E-state index in [9.17, 15) is 14.4 Å². The number of carboxylic acid groups (broad SMARTS) is 1. The van der Waals surface area contributed by atoms with Gasteiger partial charge < -0.3 is 14.6 Å². The fourth-order valence-electron chi connectivity index (χ4n) is 2.24. The van der Waals surface area contributed by atoms with E-state index in [1.54, 1.807) is 25.1 Å². The number of nitrogens with zero attached hydrogens (tertiary/aromatic N) is 1. The van der Waals surface area contributed by atoms with Gasteiger partial charge in [0.25, 0.3) is 11.1 Å². The molecule has 26 heavy (non-hydrogen) atoms. The van der Waals surface area contributed by atoms with Gasteiger partial charge in [-0.05, 0) is 37.8 Å². The van der Waals surface area contributed by atoms with Crippen LogP contribution in [0.3, 0.4) is 0 Å². The fourth-order valence-corrected chi connectivity index (χ4v) is 3.15. The number of carbonyl (C=O) groups excluding carboxylic acids is 2. The molecule has 2 atom stereocenters. The number of imide groups is 1. The van der Waals surface area contributed by atoms with Crippen molar-refractivity contribution in [1.82, 2.24) is 4.90 Å². The van der Waals surface area contributed by atoms with Crippen molar-refractivity contribution in [3.63, 3.8) is 0 Å². The van der Waals surface area contributed by atoms with Crippen LogP contribution in [0.5, 0.6) is 11.5 Å². The molecule has 0 spiro atoms. The highest BCUT2D eigenvalue weighted by atomic mass is 32.2. The molecule has 1 fully saturated rings. The van der Waals surface area contributed by atoms with E-state index in [1.165, 1.54) is 26.2 Å². The summed E-state index contributed by atoms with van der Waals surface area (Å²) in [5.41, 5.74) is 0.439. The Morgan fingerprint density at radius 1 is 1.35 bits per heavy atom. The number of rotatable bonds is 7. The number of benzene rings is 1. The Hall–Kier alpha value is -2.74. The van der Waals surface area contributed by atoms with Crippen molar-refractivity contribution in [1.29, 1.82) is 0 Å². The molecule has 2 rings (SSSR count). The number of thioether (sulfide) groups is 1. The van der Waals surface area contributed by atoms with Gasteiger partial charge in [0.2, 0.25) is 0 Å². The van der Waals surface area contributed by atoms with Crippen LogP contribution in [0.1, 0.15) is 19.4 Å². The second-order valence-corrected chi connectivity index (χ2v) is 6.50. The van der Waals surface area contributed by atoms with Crippen LogP contribution in [0.25, 0.3) is 6.08 Å². The summed E-state index contributed by atoms with van der Waals surface area (Å²) in [4.78, 5) is 37.1. The number of ether oxygens (including phenoxy) is 2. The molecule has 8 heteroatoms. The first-order valence-corrected chi connectivity index (χ1v) is 8.57. The highest BCUT2D eigenvalue weighted by Gasteiger charge is 2.37. The van der Waals surface area contributed by atoms with E-state index in [0.717, 1.165) is 16.7 Å². The molecular formula is C18H19NO6S. The van der Waals surface area contributed by atoms with Gasteiger partial charge in [-0.15, -0.1) is 6.58 Å². The lowest BCUT2D eigenvalue weighted by Gasteiger charge is -2.17. The van der Waals surface area contributed by atoms with E-state index in [4.69, 9.17) is 14.6 Å². The third-order valence-corrected chi connectivity index (χ3v) is 4.61. The van der Waals surface area contributed by atoms with E-state index >= 15 is 0 Å². The quantitative estimate of drug-likeness (QED) is 0.576. The van der Waals surface area contributed by atoms with Crippen LogP contribution in [0.4, 0.5) is 4.79 Å². The predicted octanol–water partition coefficient (Wildman–Crippen LogP) is 3.16. The summed E-state index contributed by atoms with van der Waals surface area (Å²) in [6, 6.07) is 4.52. The molecule has 0 radical (unpaired) electrons. The zero-order valence-corrected chi connectivity index (χ0v) is 15.4. The number of carboxylic acids is 1. The van der Waals surface area contributed by atoms with E-state index in [0.29, 0.717) is 11.3 Å². The maximum Gasteiger partial charge on any atom is 0.344 e. The van der Waals surface area contributed by atoms with Crippen LogP contribution < -0.4 is 9.47 Å². The summed E-state index contributed by atoms with van der Waals surface area (Å²) in [7, 11) is 1.43. The predicted molar refractivity (Wildman–Crippen MR) is 98.2 cm³/mol. The van der Waals surface area contributed by atoms with Gasteiger partial charge in [-0.3, -0.25) is 14.5 Å². The van der Waals surface area contributed by atoms with Crippen LogP contribution in [0, 0.1) is 0 Å². The molecule has 1 heterocycles. The van der Waals surface area contributed by atoms with E-state index in [-0.39, 0.29) is 10.7 Å². The topological polar surface area (TPSA) is 93.1 Å². The van der Waals surface area contributed by atoms with Crippen LogP contribution in [0.15, 0.2) is 35.8 Å². The molecule has 0 aliphatic carbocycles. The van der Waals surface area contributed by atoms with E-state index in [1.807, 2.05) is 0 Å². The third-order valence-electron chi connectivity index (χ3n) is 3.73. The Labute approximate surface area is 155 Å². The molecule has 0 saturated carbocycles. The number of hydrogen-bond acceptors (Lipinski definition) is 6. The fraction of sp³-hybridized carbons (Fsp3) is 0.278. The molecule has 138 valence electrons. The van der Waals surface area contributed by atoms with Crippen molar-refractivity contribution in [2.24, 2.45) is 0 Å². The number of carbonyl (C=O) groups is 3. The van der Waals surface area contributed by atoms with Crippen molar-refractivity contribution in [2.45, 2.75) is 26.0 Å². The minimum absolute atomic E-state index is 0.188. The first-order chi connectivity index (χ1) is 12.3. The standard InChI is InChI=1S/C18H19NO6S/c1-5-10(2)19-16(20)14(26-18(19)23)9-12-7-6-8-13(24-4)15(12)25-11(3)17(21)22/h5-11H,1H2,2-4H3,(H,21,22)/b14-9-/t10-,11+/m1/s1. The molecule has 1 N–H and O–H groups in total. The molecule has 0 bridgehead atoms. The molecule has 7 nitrogen and oxygen atoms in total. The van der Waals surface area contributed by atoms with Crippen LogP contribution in [-0.2, 0) is 9.59 Å². The first kappa shape index (κ1) is 19.6. The Bertz CT molecular complexity index is 788. The van der Waals surface area contributed by atoms with Crippen LogP contribution in [-0.4, -0.2) is 46.4 Å². The number of amides is 2. The van der Waals surface area contributed by atoms with Crippen molar-refractivity contribution < 1.29 is 29.0 Å². The smallest absolute Gasteiger partial charge is 0.344 e. The van der Waals surface area contributed by atoms with Gasteiger partial charge in [-0.2, -0.15) is 0 Å². The third kappa shape index (κ3) is 3.91. The molecule has 1 aromatic carbocycles. The SMILES string of the molecule is C=C[C@@H](C)N1C(=O)S/C(=C\c2cccc(OC)c2O[C@@H](C)C(=O)O)C1=O. The van der Waals surface area contributed by atoms with Gasteiger partial charge in [0, 0.05) is 5.56 Å². The first-order valence-electron chi connectivity index (χ1n) is 7.76. The molecule has 1 aromatic rings. The molecule has 1 aliphatic rings. The summed E-state index contributed by atoms with van der Waals surface area (Å²) in [6.45, 7) is 6.68. The summed E-state index contributed by atoms with van der Waals surface area (Å²) >= 11 is 0.806. The van der Waals surface area contributed by atoms with Gasteiger partial charge in [-0.25, -0.2) is 4.79 Å². The van der Waals surface area contributed by atoms with E-state index in [2.05, 4.69) is 6.58 Å². The van der Waals surface area contributed by atoms with Gasteiger partial charge >= 0.3 is 5.97 Å². The molecule has 1 aliphatic heterocycles. The Kier molecular flexibility index (Phi) is 6.10. The number of para-hydroxylation sites is 1. The molecule has 0 unspecified atom stereocenters. The number of hydrogen-bond donors (Lipinski definition) is 1. The average Bonchev–Trinajstić information content (AvgIpc) is 2.89. The molecule has 2 amide bonds. The zero-order chi connectivity index (χ0) is 19.4. The largest absolute Gasteiger partial charge is 0.493 e. The maximum absolute atomic E-state index is 12.5. The van der Waals surface area contributed by atoms with Crippen LogP contribution in [0.2, 0.25) is 0 Å². The van der Waals surface area contributed by atoms with Crippen LogP contribution >= 0.6 is 11.8 Å². The van der Waals surface area contributed by atoms with Gasteiger partial charge in [0.05, 0.1) is 18.1 Å². The lowest BCUT2D eigenvalue weighted by Crippen LogP contribution is -2.35. The van der Waals surface area contributed by atoms with Gasteiger partial charge in [-0.1, -0.05) is 18.2 Å². The van der Waals surface area contributed by atoms with Crippen molar-refractivity contribution in [3.8, 4) is 11.5 Å². The molecule has 0 aromatic heterocycles. The summed E-state index contributed by atoms with van der Waals surface area (Å²) in [6.07, 6.45) is 1.88. The Morgan fingerprint density at radius 2 is 2.04 bits per heavy atom. The normalized spacial score (nSPS) is 18.0. The maximum atomic E-state index is 12.5. The van der Waals surface area contributed by atoms with Crippen molar-refractivity contribution in [2.75, 3.05) is 7.11 Å². The Morgan fingerprint density at radius 3 is 2.62 bits per heavy atom. The highest BCUT2D eigenvalue weighted by molar-refractivity contribution is 8.18. The van der Waals surface area contributed by atoms with Crippen molar-refractivity contribution >= 4 is 35.0 Å². The van der Waals surface area contributed by atoms with Gasteiger partial charge in [0.1, 0.15) is 0 Å². The minimum atomic E-state index is -1.14. The minimum Gasteiger partial charge on any atom is -0.493 e. The Balaban J connectivity index is 2.44. The second kappa shape index (κ2) is 8.09. The number of methoxy groups -OCH3 is 1. The number of aliphatic carboxylic acids is 1. The monoisotopic (exact) mass is 377 g/mol. The molecular weight excluding hydrogens is 358 g/mol.